The average Bonchev–Trinajstić information content (AvgIpc) is 3.38. The zero-order valence-electron chi connectivity index (χ0n) is 15.2. The Morgan fingerprint density at radius 3 is 2.61 bits per heavy atom. The number of amides is 1. The van der Waals surface area contributed by atoms with Crippen molar-refractivity contribution in [2.75, 3.05) is 38.2 Å². The third kappa shape index (κ3) is 4.95. The minimum absolute atomic E-state index is 0.00642. The molecule has 0 N–H and O–H groups in total. The minimum atomic E-state index is -3.75. The van der Waals surface area contributed by atoms with Gasteiger partial charge < -0.3 is 9.64 Å². The summed E-state index contributed by atoms with van der Waals surface area (Å²) in [7, 11) is -2.12. The number of hydrogen-bond donors (Lipinski definition) is 0. The Morgan fingerprint density at radius 2 is 1.93 bits per heavy atom. The molecule has 0 unspecified atom stereocenters. The van der Waals surface area contributed by atoms with Crippen molar-refractivity contribution in [2.45, 2.75) is 11.4 Å². The fraction of sp³-hybridized carbons (Fsp3) is 0.412. The summed E-state index contributed by atoms with van der Waals surface area (Å²) < 4.78 is 32.2. The van der Waals surface area contributed by atoms with Crippen molar-refractivity contribution in [2.24, 2.45) is 0 Å². The number of hydrogen-bond acceptors (Lipinski definition) is 8. The number of carbonyl (C=O) groups is 2. The maximum Gasteiger partial charge on any atom is 0.350 e. The molecule has 0 atom stereocenters. The van der Waals surface area contributed by atoms with Crippen LogP contribution in [0.5, 0.6) is 0 Å². The lowest BCUT2D eigenvalue weighted by atomic mass is 10.4. The molecular formula is C17H20N2O5S4. The molecule has 7 nitrogen and oxygen atoms in total. The number of thioether (sulfide) groups is 1. The van der Waals surface area contributed by atoms with Crippen LogP contribution in [0.15, 0.2) is 33.9 Å². The summed E-state index contributed by atoms with van der Waals surface area (Å²) >= 11 is 4.24. The minimum Gasteiger partial charge on any atom is -0.451 e. The zero-order chi connectivity index (χ0) is 20.1. The van der Waals surface area contributed by atoms with Crippen LogP contribution in [0.4, 0.5) is 0 Å². The highest BCUT2D eigenvalue weighted by atomic mass is 32.2. The summed E-state index contributed by atoms with van der Waals surface area (Å²) in [5.74, 6) is 0.316. The predicted molar refractivity (Wildman–Crippen MR) is 111 cm³/mol. The monoisotopic (exact) mass is 460 g/mol. The Balaban J connectivity index is 1.62. The lowest BCUT2D eigenvalue weighted by Gasteiger charge is -2.25. The first-order chi connectivity index (χ1) is 13.4. The Bertz CT molecular complexity index is 917. The summed E-state index contributed by atoms with van der Waals surface area (Å²) in [5.41, 5.74) is 0. The molecular weight excluding hydrogens is 440 g/mol. The zero-order valence-corrected chi connectivity index (χ0v) is 18.5. The van der Waals surface area contributed by atoms with Crippen LogP contribution in [-0.4, -0.2) is 67.7 Å². The molecule has 1 fully saturated rings. The van der Waals surface area contributed by atoms with Crippen molar-refractivity contribution >= 4 is 56.3 Å². The van der Waals surface area contributed by atoms with Gasteiger partial charge in [-0.25, -0.2) is 13.2 Å². The second-order valence-corrected chi connectivity index (χ2v) is 11.1. The molecule has 0 saturated carbocycles. The van der Waals surface area contributed by atoms with Gasteiger partial charge in [-0.2, -0.15) is 16.1 Å². The van der Waals surface area contributed by atoms with E-state index in [2.05, 4.69) is 0 Å². The summed E-state index contributed by atoms with van der Waals surface area (Å²) in [4.78, 5) is 27.1. The summed E-state index contributed by atoms with van der Waals surface area (Å²) in [6.07, 6.45) is 0. The van der Waals surface area contributed by atoms with Crippen LogP contribution < -0.4 is 0 Å². The van der Waals surface area contributed by atoms with Crippen molar-refractivity contribution in [1.82, 2.24) is 9.21 Å². The molecule has 0 spiro atoms. The van der Waals surface area contributed by atoms with E-state index in [4.69, 9.17) is 4.74 Å². The Kier molecular flexibility index (Phi) is 7.15. The van der Waals surface area contributed by atoms with Crippen LogP contribution in [0.1, 0.15) is 14.5 Å². The van der Waals surface area contributed by atoms with E-state index in [0.29, 0.717) is 19.6 Å². The van der Waals surface area contributed by atoms with Gasteiger partial charge in [-0.15, -0.1) is 22.7 Å². The number of nitrogens with zero attached hydrogens (tertiary/aromatic N) is 2. The molecule has 0 aliphatic carbocycles. The Hall–Kier alpha value is -1.40. The maximum absolute atomic E-state index is 12.8. The molecule has 152 valence electrons. The van der Waals surface area contributed by atoms with E-state index in [9.17, 15) is 18.0 Å². The fourth-order valence-electron chi connectivity index (χ4n) is 2.60. The molecule has 1 amide bonds. The van der Waals surface area contributed by atoms with Crippen molar-refractivity contribution in [3.05, 3.63) is 38.7 Å². The van der Waals surface area contributed by atoms with E-state index in [1.165, 1.54) is 26.6 Å². The van der Waals surface area contributed by atoms with E-state index in [1.807, 2.05) is 17.5 Å². The molecule has 3 heterocycles. The van der Waals surface area contributed by atoms with Crippen LogP contribution in [0, 0.1) is 0 Å². The van der Waals surface area contributed by atoms with Gasteiger partial charge in [0, 0.05) is 36.5 Å². The van der Waals surface area contributed by atoms with Gasteiger partial charge >= 0.3 is 5.97 Å². The van der Waals surface area contributed by atoms with E-state index >= 15 is 0 Å². The highest BCUT2D eigenvalue weighted by Gasteiger charge is 2.32. The highest BCUT2D eigenvalue weighted by Crippen LogP contribution is 2.27. The number of likely N-dealkylation sites (N-methyl/N-ethyl adjacent to an activating group) is 1. The average molecular weight is 461 g/mol. The van der Waals surface area contributed by atoms with Crippen LogP contribution >= 0.6 is 34.4 Å². The molecule has 2 aromatic rings. The molecule has 3 rings (SSSR count). The highest BCUT2D eigenvalue weighted by molar-refractivity contribution is 7.99. The van der Waals surface area contributed by atoms with Gasteiger partial charge in [-0.1, -0.05) is 6.07 Å². The number of esters is 1. The molecule has 28 heavy (non-hydrogen) atoms. The normalized spacial score (nSPS) is 15.3. The smallest absolute Gasteiger partial charge is 0.350 e. The maximum atomic E-state index is 12.8. The van der Waals surface area contributed by atoms with Gasteiger partial charge in [0.25, 0.3) is 5.91 Å². The molecule has 1 aliphatic rings. The lowest BCUT2D eigenvalue weighted by Crippen LogP contribution is -2.38. The largest absolute Gasteiger partial charge is 0.451 e. The van der Waals surface area contributed by atoms with Gasteiger partial charge in [-0.3, -0.25) is 4.79 Å². The number of thiophene rings is 2. The molecule has 11 heteroatoms. The lowest BCUT2D eigenvalue weighted by molar-refractivity contribution is -0.133. The van der Waals surface area contributed by atoms with Gasteiger partial charge in [0.2, 0.25) is 10.0 Å². The van der Waals surface area contributed by atoms with E-state index < -0.39 is 22.6 Å². The van der Waals surface area contributed by atoms with Crippen LogP contribution in [0.3, 0.4) is 0 Å². The quantitative estimate of drug-likeness (QED) is 0.590. The predicted octanol–water partition coefficient (Wildman–Crippen LogP) is 2.36. The van der Waals surface area contributed by atoms with Crippen molar-refractivity contribution < 1.29 is 22.7 Å². The molecule has 1 saturated heterocycles. The van der Waals surface area contributed by atoms with Gasteiger partial charge in [0.05, 0.1) is 6.54 Å². The molecule has 0 aromatic carbocycles. The summed E-state index contributed by atoms with van der Waals surface area (Å²) in [5, 5.41) is 3.47. The van der Waals surface area contributed by atoms with Crippen LogP contribution in [0.25, 0.3) is 0 Å². The molecule has 2 aromatic heterocycles. The standard InChI is InChI=1S/C17H20N2O5S4/c1-18(11-13-3-2-7-26-13)15(20)12-24-17(21)16-14(4-8-27-16)28(22,23)19-5-9-25-10-6-19/h2-4,7-8H,5-6,9-12H2,1H3. The molecule has 0 bridgehead atoms. The second-order valence-electron chi connectivity index (χ2n) is 6.04. The summed E-state index contributed by atoms with van der Waals surface area (Å²) in [6, 6.07) is 5.24. The van der Waals surface area contributed by atoms with Gasteiger partial charge in [-0.05, 0) is 22.9 Å². The van der Waals surface area contributed by atoms with Crippen molar-refractivity contribution in [3.63, 3.8) is 0 Å². The van der Waals surface area contributed by atoms with Crippen LogP contribution in [0.2, 0.25) is 0 Å². The number of ether oxygens (including phenoxy) is 1. The fourth-order valence-corrected chi connectivity index (χ4v) is 7.22. The molecule has 1 aliphatic heterocycles. The van der Waals surface area contributed by atoms with E-state index in [0.717, 1.165) is 27.7 Å². The first-order valence-corrected chi connectivity index (χ1v) is 12.8. The van der Waals surface area contributed by atoms with Gasteiger partial charge in [0.1, 0.15) is 9.77 Å². The SMILES string of the molecule is CN(Cc1cccs1)C(=O)COC(=O)c1sccc1S(=O)(=O)N1CCSCC1. The molecule has 0 radical (unpaired) electrons. The van der Waals surface area contributed by atoms with Crippen molar-refractivity contribution in [3.8, 4) is 0 Å². The van der Waals surface area contributed by atoms with E-state index in [-0.39, 0.29) is 15.7 Å². The Morgan fingerprint density at radius 1 is 1.18 bits per heavy atom. The third-order valence-corrected chi connectivity index (χ3v) is 8.90. The van der Waals surface area contributed by atoms with Crippen LogP contribution in [-0.2, 0) is 26.1 Å². The topological polar surface area (TPSA) is 84.0 Å². The van der Waals surface area contributed by atoms with Gasteiger partial charge in [0.15, 0.2) is 6.61 Å². The van der Waals surface area contributed by atoms with Crippen molar-refractivity contribution in [1.29, 1.82) is 0 Å². The van der Waals surface area contributed by atoms with E-state index in [1.54, 1.807) is 24.2 Å². The second kappa shape index (κ2) is 9.40. The third-order valence-electron chi connectivity index (χ3n) is 4.13. The number of sulfonamides is 1. The first kappa shape index (κ1) is 21.3. The summed E-state index contributed by atoms with van der Waals surface area (Å²) in [6.45, 7) is 0.838. The number of carbonyl (C=O) groups excluding carboxylic acids is 2. The Labute approximate surface area is 176 Å². The first-order valence-electron chi connectivity index (χ1n) is 8.48. The number of rotatable bonds is 7.